The van der Waals surface area contributed by atoms with Crippen LogP contribution in [-0.2, 0) is 0 Å². The molecule has 4 nitrogen and oxygen atoms in total. The summed E-state index contributed by atoms with van der Waals surface area (Å²) in [6, 6.07) is 9.40. The Balaban J connectivity index is 2.64. The molecular weight excluding hydrogens is 180 g/mol. The van der Waals surface area contributed by atoms with Crippen molar-refractivity contribution in [2.24, 2.45) is 0 Å². The summed E-state index contributed by atoms with van der Waals surface area (Å²) >= 11 is 0. The van der Waals surface area contributed by atoms with Gasteiger partial charge in [-0.05, 0) is 12.5 Å². The molecule has 0 fully saturated rings. The molecule has 0 aliphatic heterocycles. The van der Waals surface area contributed by atoms with E-state index in [1.807, 2.05) is 30.3 Å². The fourth-order valence-electron chi connectivity index (χ4n) is 1.39. The maximum absolute atomic E-state index is 11.1. The Hall–Kier alpha value is -1.97. The summed E-state index contributed by atoms with van der Waals surface area (Å²) in [5.74, 6) is 0. The van der Waals surface area contributed by atoms with E-state index in [2.05, 4.69) is 4.98 Å². The van der Waals surface area contributed by atoms with Crippen molar-refractivity contribution in [1.82, 2.24) is 9.71 Å². The molecule has 0 atom stereocenters. The van der Waals surface area contributed by atoms with Gasteiger partial charge in [0.2, 0.25) is 0 Å². The molecule has 0 aliphatic rings. The molecule has 4 heteroatoms. The van der Waals surface area contributed by atoms with E-state index < -0.39 is 5.69 Å². The van der Waals surface area contributed by atoms with Gasteiger partial charge in [0.15, 0.2) is 0 Å². The van der Waals surface area contributed by atoms with Gasteiger partial charge in [0.25, 0.3) is 0 Å². The van der Waals surface area contributed by atoms with Crippen LogP contribution in [0.5, 0.6) is 0 Å². The molecule has 0 saturated carbocycles. The SMILES string of the molecule is Cc1c(-c2ccccc2)[nH]c(=O)n1O. The molecule has 0 radical (unpaired) electrons. The van der Waals surface area contributed by atoms with Gasteiger partial charge in [-0.15, -0.1) is 4.73 Å². The van der Waals surface area contributed by atoms with Crippen molar-refractivity contribution in [3.8, 4) is 11.3 Å². The fraction of sp³-hybridized carbons (Fsp3) is 0.100. The zero-order valence-corrected chi connectivity index (χ0v) is 7.69. The molecule has 0 spiro atoms. The van der Waals surface area contributed by atoms with Gasteiger partial charge in [-0.2, -0.15) is 0 Å². The van der Waals surface area contributed by atoms with Crippen molar-refractivity contribution < 1.29 is 5.21 Å². The molecule has 1 aromatic carbocycles. The lowest BCUT2D eigenvalue weighted by Gasteiger charge is -1.98. The Morgan fingerprint density at radius 3 is 2.43 bits per heavy atom. The molecule has 2 aromatic rings. The summed E-state index contributed by atoms with van der Waals surface area (Å²) in [6.45, 7) is 1.68. The number of hydrogen-bond acceptors (Lipinski definition) is 2. The third-order valence-corrected chi connectivity index (χ3v) is 2.17. The van der Waals surface area contributed by atoms with E-state index in [4.69, 9.17) is 0 Å². The van der Waals surface area contributed by atoms with Crippen LogP contribution in [0.3, 0.4) is 0 Å². The highest BCUT2D eigenvalue weighted by molar-refractivity contribution is 5.61. The normalized spacial score (nSPS) is 10.4. The highest BCUT2D eigenvalue weighted by atomic mass is 16.5. The number of aromatic nitrogens is 2. The Morgan fingerprint density at radius 1 is 1.29 bits per heavy atom. The van der Waals surface area contributed by atoms with Crippen molar-refractivity contribution in [2.45, 2.75) is 6.92 Å². The summed E-state index contributed by atoms with van der Waals surface area (Å²) in [7, 11) is 0. The minimum absolute atomic E-state index is 0.513. The Morgan fingerprint density at radius 2 is 1.93 bits per heavy atom. The van der Waals surface area contributed by atoms with Gasteiger partial charge in [0.1, 0.15) is 0 Å². The topological polar surface area (TPSA) is 58.0 Å². The molecule has 1 heterocycles. The molecule has 0 amide bonds. The van der Waals surface area contributed by atoms with Crippen LogP contribution in [0, 0.1) is 6.92 Å². The second kappa shape index (κ2) is 3.06. The molecule has 0 aliphatic carbocycles. The van der Waals surface area contributed by atoms with Gasteiger partial charge in [0, 0.05) is 0 Å². The summed E-state index contributed by atoms with van der Waals surface area (Å²) in [5, 5.41) is 9.26. The monoisotopic (exact) mass is 190 g/mol. The largest absolute Gasteiger partial charge is 0.424 e. The van der Waals surface area contributed by atoms with Crippen LogP contribution >= 0.6 is 0 Å². The number of imidazole rings is 1. The second-order valence-corrected chi connectivity index (χ2v) is 3.07. The molecule has 2 rings (SSSR count). The molecule has 0 saturated heterocycles. The highest BCUT2D eigenvalue weighted by Gasteiger charge is 2.09. The number of hydrogen-bond donors (Lipinski definition) is 2. The number of nitrogens with one attached hydrogen (secondary N) is 1. The van der Waals surface area contributed by atoms with Gasteiger partial charge >= 0.3 is 5.69 Å². The lowest BCUT2D eigenvalue weighted by molar-refractivity contribution is 0.170. The average molecular weight is 190 g/mol. The zero-order chi connectivity index (χ0) is 10.1. The summed E-state index contributed by atoms with van der Waals surface area (Å²) in [4.78, 5) is 13.7. The van der Waals surface area contributed by atoms with Crippen LogP contribution < -0.4 is 5.69 Å². The second-order valence-electron chi connectivity index (χ2n) is 3.07. The Bertz CT molecular complexity index is 497. The maximum Gasteiger partial charge on any atom is 0.358 e. The molecular formula is C10H10N2O2. The van der Waals surface area contributed by atoms with Crippen molar-refractivity contribution in [1.29, 1.82) is 0 Å². The standard InChI is InChI=1S/C10H10N2O2/c1-7-9(11-10(13)12(7)14)8-5-3-2-4-6-8/h2-6,14H,1H3,(H,11,13). The van der Waals surface area contributed by atoms with E-state index in [-0.39, 0.29) is 0 Å². The van der Waals surface area contributed by atoms with E-state index >= 15 is 0 Å². The van der Waals surface area contributed by atoms with Crippen LogP contribution in [0.4, 0.5) is 0 Å². The third kappa shape index (κ3) is 1.21. The third-order valence-electron chi connectivity index (χ3n) is 2.17. The van der Waals surface area contributed by atoms with E-state index in [0.29, 0.717) is 16.1 Å². The molecule has 1 aromatic heterocycles. The van der Waals surface area contributed by atoms with Crippen LogP contribution in [0.2, 0.25) is 0 Å². The van der Waals surface area contributed by atoms with Gasteiger partial charge in [-0.1, -0.05) is 30.3 Å². The maximum atomic E-state index is 11.1. The smallest absolute Gasteiger partial charge is 0.358 e. The molecule has 0 bridgehead atoms. The number of benzene rings is 1. The molecule has 14 heavy (non-hydrogen) atoms. The molecule has 0 unspecified atom stereocenters. The minimum atomic E-state index is -0.513. The lowest BCUT2D eigenvalue weighted by Crippen LogP contribution is -2.14. The van der Waals surface area contributed by atoms with Crippen LogP contribution in [0.1, 0.15) is 5.69 Å². The summed E-state index contributed by atoms with van der Waals surface area (Å²) in [6.07, 6.45) is 0. The summed E-state index contributed by atoms with van der Waals surface area (Å²) < 4.78 is 0.613. The lowest BCUT2D eigenvalue weighted by atomic mass is 10.1. The van der Waals surface area contributed by atoms with Gasteiger partial charge in [0.05, 0.1) is 11.4 Å². The van der Waals surface area contributed by atoms with E-state index in [0.717, 1.165) is 5.56 Å². The summed E-state index contributed by atoms with van der Waals surface area (Å²) in [5.41, 5.74) is 1.54. The van der Waals surface area contributed by atoms with Crippen molar-refractivity contribution in [3.63, 3.8) is 0 Å². The predicted molar refractivity (Wildman–Crippen MR) is 52.4 cm³/mol. The number of aromatic amines is 1. The van der Waals surface area contributed by atoms with Gasteiger partial charge in [-0.25, -0.2) is 4.79 Å². The number of nitrogens with zero attached hydrogens (tertiary/aromatic N) is 1. The van der Waals surface area contributed by atoms with Crippen LogP contribution in [0.15, 0.2) is 35.1 Å². The highest BCUT2D eigenvalue weighted by Crippen LogP contribution is 2.18. The minimum Gasteiger partial charge on any atom is -0.424 e. The van der Waals surface area contributed by atoms with Gasteiger partial charge in [-0.3, -0.25) is 0 Å². The Labute approximate surface area is 80.4 Å². The van der Waals surface area contributed by atoms with E-state index in [1.54, 1.807) is 6.92 Å². The van der Waals surface area contributed by atoms with Crippen LogP contribution in [-0.4, -0.2) is 14.9 Å². The number of rotatable bonds is 1. The van der Waals surface area contributed by atoms with Crippen LogP contribution in [0.25, 0.3) is 11.3 Å². The first-order valence-electron chi connectivity index (χ1n) is 4.26. The molecule has 72 valence electrons. The van der Waals surface area contributed by atoms with Crippen molar-refractivity contribution in [2.75, 3.05) is 0 Å². The van der Waals surface area contributed by atoms with Crippen molar-refractivity contribution in [3.05, 3.63) is 46.5 Å². The van der Waals surface area contributed by atoms with E-state index in [1.165, 1.54) is 0 Å². The average Bonchev–Trinajstić information content (AvgIpc) is 2.47. The first kappa shape index (κ1) is 8.62. The number of H-pyrrole nitrogens is 1. The Kier molecular flexibility index (Phi) is 1.89. The molecule has 2 N–H and O–H groups in total. The van der Waals surface area contributed by atoms with E-state index in [9.17, 15) is 10.0 Å². The quantitative estimate of drug-likeness (QED) is 0.667. The first-order valence-corrected chi connectivity index (χ1v) is 4.26. The first-order chi connectivity index (χ1) is 6.70. The fourth-order valence-corrected chi connectivity index (χ4v) is 1.39. The van der Waals surface area contributed by atoms with Gasteiger partial charge < -0.3 is 10.2 Å². The predicted octanol–water partition coefficient (Wildman–Crippen LogP) is 1.39. The van der Waals surface area contributed by atoms with Crippen molar-refractivity contribution >= 4 is 0 Å². The zero-order valence-electron chi connectivity index (χ0n) is 7.69.